The SMILES string of the molecule is NC(=O)c1ncc(S(=O)(=O)c2ccc(N)cc2)s1. The van der Waals surface area contributed by atoms with E-state index in [1.54, 1.807) is 0 Å². The second-order valence-electron chi connectivity index (χ2n) is 3.42. The summed E-state index contributed by atoms with van der Waals surface area (Å²) in [6.07, 6.45) is 1.12. The van der Waals surface area contributed by atoms with E-state index in [-0.39, 0.29) is 14.1 Å². The number of nitrogens with two attached hydrogens (primary N) is 2. The monoisotopic (exact) mass is 283 g/mol. The first-order chi connectivity index (χ1) is 8.41. The maximum atomic E-state index is 12.2. The van der Waals surface area contributed by atoms with E-state index < -0.39 is 15.7 Å². The number of sulfone groups is 1. The first-order valence-corrected chi connectivity index (χ1v) is 7.07. The summed E-state index contributed by atoms with van der Waals surface area (Å²) in [6, 6.07) is 5.77. The van der Waals surface area contributed by atoms with Crippen LogP contribution in [-0.4, -0.2) is 19.3 Å². The van der Waals surface area contributed by atoms with Crippen LogP contribution in [0.1, 0.15) is 9.80 Å². The molecule has 0 saturated carbocycles. The predicted octanol–water partition coefficient (Wildman–Crippen LogP) is 0.657. The molecule has 0 radical (unpaired) electrons. The van der Waals surface area contributed by atoms with E-state index in [1.807, 2.05) is 0 Å². The van der Waals surface area contributed by atoms with Crippen LogP contribution in [0, 0.1) is 0 Å². The Bertz CT molecular complexity index is 689. The maximum Gasteiger partial charge on any atom is 0.277 e. The van der Waals surface area contributed by atoms with Gasteiger partial charge in [-0.15, -0.1) is 0 Å². The largest absolute Gasteiger partial charge is 0.399 e. The van der Waals surface area contributed by atoms with Crippen LogP contribution in [-0.2, 0) is 9.84 Å². The van der Waals surface area contributed by atoms with Gasteiger partial charge in [0, 0.05) is 5.69 Å². The summed E-state index contributed by atoms with van der Waals surface area (Å²) in [6.45, 7) is 0. The van der Waals surface area contributed by atoms with Crippen LogP contribution in [0.25, 0.3) is 0 Å². The minimum absolute atomic E-state index is 0.0268. The Morgan fingerprint density at radius 2 is 1.83 bits per heavy atom. The molecule has 0 bridgehead atoms. The van der Waals surface area contributed by atoms with Crippen molar-refractivity contribution in [1.29, 1.82) is 0 Å². The second kappa shape index (κ2) is 4.39. The average Bonchev–Trinajstić information content (AvgIpc) is 2.79. The van der Waals surface area contributed by atoms with Gasteiger partial charge in [0.05, 0.1) is 11.1 Å². The molecule has 0 aliphatic heterocycles. The molecule has 8 heteroatoms. The molecule has 0 atom stereocenters. The summed E-state index contributed by atoms with van der Waals surface area (Å²) in [7, 11) is -3.68. The molecule has 0 aliphatic rings. The fraction of sp³-hybridized carbons (Fsp3) is 0. The molecular formula is C10H9N3O3S2. The van der Waals surface area contributed by atoms with Crippen LogP contribution in [0.15, 0.2) is 39.6 Å². The summed E-state index contributed by atoms with van der Waals surface area (Å²) in [5, 5.41) is -0.0379. The molecule has 6 nitrogen and oxygen atoms in total. The highest BCUT2D eigenvalue weighted by Gasteiger charge is 2.21. The van der Waals surface area contributed by atoms with Crippen molar-refractivity contribution < 1.29 is 13.2 Å². The highest BCUT2D eigenvalue weighted by atomic mass is 32.2. The van der Waals surface area contributed by atoms with E-state index >= 15 is 0 Å². The first-order valence-electron chi connectivity index (χ1n) is 4.77. The summed E-state index contributed by atoms with van der Waals surface area (Å²) in [5.74, 6) is -0.751. The van der Waals surface area contributed by atoms with Crippen molar-refractivity contribution in [2.45, 2.75) is 9.10 Å². The van der Waals surface area contributed by atoms with Crippen LogP contribution < -0.4 is 11.5 Å². The van der Waals surface area contributed by atoms with E-state index in [0.717, 1.165) is 17.5 Å². The predicted molar refractivity (Wildman–Crippen MR) is 66.9 cm³/mol. The van der Waals surface area contributed by atoms with Crippen molar-refractivity contribution in [2.24, 2.45) is 5.73 Å². The van der Waals surface area contributed by atoms with Crippen LogP contribution in [0.5, 0.6) is 0 Å². The smallest absolute Gasteiger partial charge is 0.277 e. The van der Waals surface area contributed by atoms with Gasteiger partial charge in [-0.25, -0.2) is 13.4 Å². The van der Waals surface area contributed by atoms with Crippen molar-refractivity contribution in [3.63, 3.8) is 0 Å². The number of hydrogen-bond donors (Lipinski definition) is 2. The maximum absolute atomic E-state index is 12.2. The number of thiazole rings is 1. The summed E-state index contributed by atoms with van der Waals surface area (Å²) < 4.78 is 24.3. The fourth-order valence-electron chi connectivity index (χ4n) is 1.26. The second-order valence-corrected chi connectivity index (χ2v) is 6.63. The number of carbonyl (C=O) groups excluding carboxylic acids is 1. The number of primary amides is 1. The Balaban J connectivity index is 2.47. The molecule has 1 aromatic carbocycles. The zero-order valence-electron chi connectivity index (χ0n) is 9.03. The highest BCUT2D eigenvalue weighted by molar-refractivity contribution is 7.93. The number of aromatic nitrogens is 1. The van der Waals surface area contributed by atoms with Gasteiger partial charge in [-0.05, 0) is 24.3 Å². The average molecular weight is 283 g/mol. The number of hydrogen-bond acceptors (Lipinski definition) is 6. The van der Waals surface area contributed by atoms with Gasteiger partial charge in [-0.1, -0.05) is 11.3 Å². The molecule has 0 spiro atoms. The normalized spacial score (nSPS) is 11.3. The van der Waals surface area contributed by atoms with Gasteiger partial charge in [-0.3, -0.25) is 4.79 Å². The number of benzene rings is 1. The molecule has 0 saturated heterocycles. The molecule has 1 aromatic heterocycles. The van der Waals surface area contributed by atoms with Gasteiger partial charge in [-0.2, -0.15) is 0 Å². The van der Waals surface area contributed by atoms with Crippen LogP contribution in [0.3, 0.4) is 0 Å². The van der Waals surface area contributed by atoms with Gasteiger partial charge in [0.25, 0.3) is 5.91 Å². The topological polar surface area (TPSA) is 116 Å². The van der Waals surface area contributed by atoms with E-state index in [1.165, 1.54) is 24.3 Å². The van der Waals surface area contributed by atoms with Crippen molar-refractivity contribution in [1.82, 2.24) is 4.98 Å². The van der Waals surface area contributed by atoms with E-state index in [9.17, 15) is 13.2 Å². The molecule has 1 amide bonds. The Kier molecular flexibility index (Phi) is 3.05. The van der Waals surface area contributed by atoms with Gasteiger partial charge in [0.1, 0.15) is 4.21 Å². The lowest BCUT2D eigenvalue weighted by atomic mass is 10.3. The van der Waals surface area contributed by atoms with Crippen molar-refractivity contribution >= 4 is 32.8 Å². The fourth-order valence-corrected chi connectivity index (χ4v) is 3.65. The molecule has 0 aliphatic carbocycles. The Morgan fingerprint density at radius 1 is 1.22 bits per heavy atom. The molecule has 0 fully saturated rings. The lowest BCUT2D eigenvalue weighted by Gasteiger charge is -2.01. The molecule has 0 unspecified atom stereocenters. The zero-order valence-corrected chi connectivity index (χ0v) is 10.7. The Labute approximate surface area is 107 Å². The standard InChI is InChI=1S/C10H9N3O3S2/c11-6-1-3-7(4-2-6)18(15,16)8-5-13-10(17-8)9(12)14/h1-5H,11H2,(H2,12,14). The number of carbonyl (C=O) groups is 1. The summed E-state index contributed by atoms with van der Waals surface area (Å²) >= 11 is 0.742. The number of rotatable bonds is 3. The molecule has 18 heavy (non-hydrogen) atoms. The minimum atomic E-state index is -3.68. The third kappa shape index (κ3) is 2.20. The quantitative estimate of drug-likeness (QED) is 0.802. The summed E-state index contributed by atoms with van der Waals surface area (Å²) in [5.41, 5.74) is 11.0. The Morgan fingerprint density at radius 3 is 2.33 bits per heavy atom. The van der Waals surface area contributed by atoms with Crippen molar-refractivity contribution in [3.8, 4) is 0 Å². The van der Waals surface area contributed by atoms with Crippen molar-refractivity contribution in [2.75, 3.05) is 5.73 Å². The van der Waals surface area contributed by atoms with Crippen molar-refractivity contribution in [3.05, 3.63) is 35.5 Å². The third-order valence-electron chi connectivity index (χ3n) is 2.15. The lowest BCUT2D eigenvalue weighted by molar-refractivity contribution is 0.1000. The molecule has 4 N–H and O–H groups in total. The third-order valence-corrected chi connectivity index (χ3v) is 5.39. The minimum Gasteiger partial charge on any atom is -0.399 e. The van der Waals surface area contributed by atoms with Gasteiger partial charge in [0.2, 0.25) is 9.84 Å². The number of amides is 1. The Hall–Kier alpha value is -1.93. The lowest BCUT2D eigenvalue weighted by Crippen LogP contribution is -2.09. The molecule has 2 aromatic rings. The zero-order chi connectivity index (χ0) is 13.3. The van der Waals surface area contributed by atoms with Gasteiger partial charge < -0.3 is 11.5 Å². The first kappa shape index (κ1) is 12.5. The van der Waals surface area contributed by atoms with Gasteiger partial charge >= 0.3 is 0 Å². The molecule has 1 heterocycles. The van der Waals surface area contributed by atoms with E-state index in [0.29, 0.717) is 5.69 Å². The number of nitrogen functional groups attached to an aromatic ring is 1. The van der Waals surface area contributed by atoms with Gasteiger partial charge in [0.15, 0.2) is 5.01 Å². The van der Waals surface area contributed by atoms with Crippen LogP contribution in [0.2, 0.25) is 0 Å². The molecule has 94 valence electrons. The highest BCUT2D eigenvalue weighted by Crippen LogP contribution is 2.26. The number of anilines is 1. The van der Waals surface area contributed by atoms with E-state index in [4.69, 9.17) is 11.5 Å². The van der Waals surface area contributed by atoms with E-state index in [2.05, 4.69) is 4.98 Å². The van der Waals surface area contributed by atoms with Crippen LogP contribution >= 0.6 is 11.3 Å². The molecular weight excluding hydrogens is 274 g/mol. The van der Waals surface area contributed by atoms with Crippen LogP contribution in [0.4, 0.5) is 5.69 Å². The molecule has 2 rings (SSSR count). The summed E-state index contributed by atoms with van der Waals surface area (Å²) in [4.78, 5) is 14.6. The number of nitrogens with zero attached hydrogens (tertiary/aromatic N) is 1.